The number of carbonyl (C=O) groups excluding carboxylic acids is 1. The van der Waals surface area contributed by atoms with Crippen LogP contribution >= 0.6 is 27.3 Å². The molecule has 0 fully saturated rings. The van der Waals surface area contributed by atoms with Gasteiger partial charge in [-0.2, -0.15) is 0 Å². The van der Waals surface area contributed by atoms with Crippen molar-refractivity contribution in [2.75, 3.05) is 5.32 Å². The number of anilines is 1. The van der Waals surface area contributed by atoms with Crippen molar-refractivity contribution in [2.24, 2.45) is 0 Å². The van der Waals surface area contributed by atoms with Crippen LogP contribution in [0.2, 0.25) is 0 Å². The van der Waals surface area contributed by atoms with Gasteiger partial charge in [-0.3, -0.25) is 4.79 Å². The summed E-state index contributed by atoms with van der Waals surface area (Å²) in [5, 5.41) is 5.09. The molecule has 25 heavy (non-hydrogen) atoms. The van der Waals surface area contributed by atoms with Crippen molar-refractivity contribution in [3.8, 4) is 0 Å². The second-order valence-corrected chi connectivity index (χ2v) is 8.05. The van der Waals surface area contributed by atoms with Crippen LogP contribution in [0.1, 0.15) is 20.8 Å². The first-order chi connectivity index (χ1) is 12.0. The fraction of sp³-hybridized carbons (Fsp3) is 0.100. The Bertz CT molecular complexity index is 1130. The molecular weight excluding hydrogens is 396 g/mol. The van der Waals surface area contributed by atoms with E-state index in [-0.39, 0.29) is 5.91 Å². The molecule has 4 aromatic rings. The number of halogens is 1. The van der Waals surface area contributed by atoms with Gasteiger partial charge < -0.3 is 5.32 Å². The lowest BCUT2D eigenvalue weighted by Crippen LogP contribution is -2.10. The number of pyridine rings is 1. The highest BCUT2D eigenvalue weighted by Gasteiger charge is 2.13. The molecule has 0 aliphatic rings. The Hall–Kier alpha value is -2.24. The van der Waals surface area contributed by atoms with Crippen molar-refractivity contribution in [1.29, 1.82) is 0 Å². The maximum absolute atomic E-state index is 12.6. The van der Waals surface area contributed by atoms with Gasteiger partial charge >= 0.3 is 0 Å². The van der Waals surface area contributed by atoms with Crippen LogP contribution in [0.15, 0.2) is 53.0 Å². The highest BCUT2D eigenvalue weighted by Crippen LogP contribution is 2.29. The van der Waals surface area contributed by atoms with Gasteiger partial charge in [0, 0.05) is 20.9 Å². The minimum atomic E-state index is -0.103. The molecule has 0 saturated heterocycles. The molecule has 0 atom stereocenters. The van der Waals surface area contributed by atoms with Crippen LogP contribution in [0.3, 0.4) is 0 Å². The van der Waals surface area contributed by atoms with Crippen LogP contribution < -0.4 is 5.32 Å². The van der Waals surface area contributed by atoms with E-state index >= 15 is 0 Å². The van der Waals surface area contributed by atoms with Gasteiger partial charge in [0.15, 0.2) is 0 Å². The smallest absolute Gasteiger partial charge is 0.265 e. The standard InChI is InChI=1S/C20H15BrN2OS/c1-11-3-5-17-13(7-11)9-14-10-18(25-20(14)23-17)19(24)22-16-6-4-15(21)8-12(16)2/h3-10H,1-2H3,(H,22,24). The average molecular weight is 411 g/mol. The van der Waals surface area contributed by atoms with E-state index in [1.54, 1.807) is 0 Å². The van der Waals surface area contributed by atoms with Crippen LogP contribution in [0.25, 0.3) is 21.1 Å². The zero-order valence-corrected chi connectivity index (χ0v) is 16.2. The van der Waals surface area contributed by atoms with E-state index in [1.165, 1.54) is 16.9 Å². The third-order valence-electron chi connectivity index (χ3n) is 4.12. The fourth-order valence-electron chi connectivity index (χ4n) is 2.82. The van der Waals surface area contributed by atoms with Gasteiger partial charge in [0.1, 0.15) is 4.83 Å². The number of amides is 1. The molecule has 2 heterocycles. The van der Waals surface area contributed by atoms with E-state index in [0.29, 0.717) is 4.88 Å². The molecular formula is C20H15BrN2OS. The summed E-state index contributed by atoms with van der Waals surface area (Å²) in [5.74, 6) is -0.103. The first-order valence-electron chi connectivity index (χ1n) is 7.88. The van der Waals surface area contributed by atoms with E-state index in [1.807, 2.05) is 37.3 Å². The molecule has 0 saturated carbocycles. The van der Waals surface area contributed by atoms with Gasteiger partial charge in [-0.25, -0.2) is 4.98 Å². The number of carbonyl (C=O) groups is 1. The number of hydrogen-bond acceptors (Lipinski definition) is 3. The molecule has 0 unspecified atom stereocenters. The minimum absolute atomic E-state index is 0.103. The van der Waals surface area contributed by atoms with Gasteiger partial charge in [-0.05, 0) is 61.9 Å². The monoisotopic (exact) mass is 410 g/mol. The largest absolute Gasteiger partial charge is 0.321 e. The van der Waals surface area contributed by atoms with Crippen molar-refractivity contribution >= 4 is 60.0 Å². The molecule has 5 heteroatoms. The number of benzene rings is 2. The van der Waals surface area contributed by atoms with Crippen LogP contribution in [0.4, 0.5) is 5.69 Å². The number of rotatable bonds is 2. The van der Waals surface area contributed by atoms with Gasteiger partial charge in [0.25, 0.3) is 5.91 Å². The quantitative estimate of drug-likeness (QED) is 0.434. The Kier molecular flexibility index (Phi) is 4.06. The lowest BCUT2D eigenvalue weighted by atomic mass is 10.1. The second kappa shape index (κ2) is 6.24. The molecule has 2 aromatic carbocycles. The number of thiophene rings is 1. The normalized spacial score (nSPS) is 11.2. The minimum Gasteiger partial charge on any atom is -0.321 e. The topological polar surface area (TPSA) is 42.0 Å². The van der Waals surface area contributed by atoms with E-state index < -0.39 is 0 Å². The summed E-state index contributed by atoms with van der Waals surface area (Å²) in [4.78, 5) is 18.9. The van der Waals surface area contributed by atoms with Crippen molar-refractivity contribution < 1.29 is 4.79 Å². The number of nitrogens with zero attached hydrogens (tertiary/aromatic N) is 1. The summed E-state index contributed by atoms with van der Waals surface area (Å²) in [5.41, 5.74) is 3.99. The zero-order chi connectivity index (χ0) is 17.6. The van der Waals surface area contributed by atoms with Crippen molar-refractivity contribution in [3.05, 3.63) is 69.0 Å². The second-order valence-electron chi connectivity index (χ2n) is 6.10. The third kappa shape index (κ3) is 3.17. The average Bonchev–Trinajstić information content (AvgIpc) is 2.98. The summed E-state index contributed by atoms with van der Waals surface area (Å²) in [6, 6.07) is 16.0. The summed E-state index contributed by atoms with van der Waals surface area (Å²) in [7, 11) is 0. The van der Waals surface area contributed by atoms with Crippen LogP contribution in [0.5, 0.6) is 0 Å². The molecule has 0 bridgehead atoms. The molecule has 0 spiro atoms. The van der Waals surface area contributed by atoms with Gasteiger partial charge in [0.2, 0.25) is 0 Å². The first-order valence-corrected chi connectivity index (χ1v) is 9.49. The molecule has 0 aliphatic carbocycles. The van der Waals surface area contributed by atoms with Crippen molar-refractivity contribution in [3.63, 3.8) is 0 Å². The third-order valence-corrected chi connectivity index (χ3v) is 5.65. The molecule has 4 rings (SSSR count). The molecule has 1 amide bonds. The summed E-state index contributed by atoms with van der Waals surface area (Å²) < 4.78 is 0.996. The Morgan fingerprint density at radius 3 is 2.68 bits per heavy atom. The lowest BCUT2D eigenvalue weighted by molar-refractivity contribution is 0.103. The van der Waals surface area contributed by atoms with E-state index in [2.05, 4.69) is 46.4 Å². The van der Waals surface area contributed by atoms with Crippen molar-refractivity contribution in [2.45, 2.75) is 13.8 Å². The maximum Gasteiger partial charge on any atom is 0.265 e. The van der Waals surface area contributed by atoms with E-state index in [4.69, 9.17) is 4.98 Å². The first kappa shape index (κ1) is 16.2. The summed E-state index contributed by atoms with van der Waals surface area (Å²) in [6.45, 7) is 4.04. The molecule has 124 valence electrons. The van der Waals surface area contributed by atoms with Crippen LogP contribution in [-0.4, -0.2) is 10.9 Å². The number of fused-ring (bicyclic) bond motifs is 2. The SMILES string of the molecule is Cc1ccc2nc3sc(C(=O)Nc4ccc(Br)cc4C)cc3cc2c1. The molecule has 0 aliphatic heterocycles. The van der Waals surface area contributed by atoms with Crippen molar-refractivity contribution in [1.82, 2.24) is 4.98 Å². The van der Waals surface area contributed by atoms with Gasteiger partial charge in [-0.15, -0.1) is 11.3 Å². The highest BCUT2D eigenvalue weighted by atomic mass is 79.9. The van der Waals surface area contributed by atoms with Gasteiger partial charge in [-0.1, -0.05) is 27.6 Å². The molecule has 3 nitrogen and oxygen atoms in total. The van der Waals surface area contributed by atoms with Crippen LogP contribution in [-0.2, 0) is 0 Å². The number of hydrogen-bond donors (Lipinski definition) is 1. The summed E-state index contributed by atoms with van der Waals surface area (Å²) >= 11 is 4.86. The predicted molar refractivity (Wildman–Crippen MR) is 109 cm³/mol. The molecule has 0 radical (unpaired) electrons. The number of aryl methyl sites for hydroxylation is 2. The lowest BCUT2D eigenvalue weighted by Gasteiger charge is -2.07. The zero-order valence-electron chi connectivity index (χ0n) is 13.8. The van der Waals surface area contributed by atoms with E-state index in [0.717, 1.165) is 36.8 Å². The Morgan fingerprint density at radius 2 is 1.88 bits per heavy atom. The Labute approximate surface area is 157 Å². The molecule has 2 aromatic heterocycles. The van der Waals surface area contributed by atoms with Gasteiger partial charge in [0.05, 0.1) is 10.4 Å². The fourth-order valence-corrected chi connectivity index (χ4v) is 4.21. The highest BCUT2D eigenvalue weighted by molar-refractivity contribution is 9.10. The summed E-state index contributed by atoms with van der Waals surface area (Å²) in [6.07, 6.45) is 0. The number of aromatic nitrogens is 1. The van der Waals surface area contributed by atoms with Crippen LogP contribution in [0, 0.1) is 13.8 Å². The molecule has 1 N–H and O–H groups in total. The number of nitrogens with one attached hydrogen (secondary N) is 1. The maximum atomic E-state index is 12.6. The predicted octanol–water partition coefficient (Wildman–Crippen LogP) is 6.08. The Morgan fingerprint density at radius 1 is 1.04 bits per heavy atom. The Balaban J connectivity index is 1.70. The van der Waals surface area contributed by atoms with E-state index in [9.17, 15) is 4.79 Å².